The maximum absolute atomic E-state index is 13.2. The number of hydrogen-bond acceptors (Lipinski definition) is 3. The van der Waals surface area contributed by atoms with Gasteiger partial charge in [-0.15, -0.1) is 0 Å². The van der Waals surface area contributed by atoms with E-state index in [9.17, 15) is 4.79 Å². The van der Waals surface area contributed by atoms with Crippen molar-refractivity contribution in [2.75, 3.05) is 0 Å². The third-order valence-corrected chi connectivity index (χ3v) is 5.96. The summed E-state index contributed by atoms with van der Waals surface area (Å²) in [7, 11) is 0. The molecule has 4 rings (SSSR count). The van der Waals surface area contributed by atoms with Crippen LogP contribution in [0.25, 0.3) is 6.08 Å². The van der Waals surface area contributed by atoms with E-state index >= 15 is 0 Å². The Morgan fingerprint density at radius 1 is 0.900 bits per heavy atom. The zero-order chi connectivity index (χ0) is 20.9. The molecule has 150 valence electrons. The average molecular weight is 413 g/mol. The first-order chi connectivity index (χ1) is 14.6. The Bertz CT molecular complexity index is 1070. The van der Waals surface area contributed by atoms with Crippen molar-refractivity contribution < 1.29 is 4.79 Å². The van der Waals surface area contributed by atoms with Crippen LogP contribution in [0.1, 0.15) is 36.5 Å². The number of hydrogen-bond donors (Lipinski definition) is 0. The summed E-state index contributed by atoms with van der Waals surface area (Å²) in [5, 5.41) is 0.708. The van der Waals surface area contributed by atoms with Gasteiger partial charge in [-0.05, 0) is 52.6 Å². The molecule has 3 aromatic carbocycles. The van der Waals surface area contributed by atoms with Gasteiger partial charge in [0.25, 0.3) is 5.91 Å². The first-order valence-corrected chi connectivity index (χ1v) is 10.9. The van der Waals surface area contributed by atoms with Crippen molar-refractivity contribution in [3.8, 4) is 0 Å². The second kappa shape index (κ2) is 9.14. The standard InChI is InChI=1S/C26H24N2OS/c1-19(2)22-15-13-20(14-16-22)17-24-25(29)28(18-21-9-5-3-6-10-21)26(30-24)27-23-11-7-4-8-12-23/h3-17,19H,18H2,1-2H3/b24-17-,27-26?. The molecule has 0 atom stereocenters. The number of aliphatic imine (C=N–C) groups is 1. The van der Waals surface area contributed by atoms with Crippen molar-refractivity contribution in [1.82, 2.24) is 4.90 Å². The van der Waals surface area contributed by atoms with Gasteiger partial charge in [-0.25, -0.2) is 4.99 Å². The van der Waals surface area contributed by atoms with Gasteiger partial charge >= 0.3 is 0 Å². The zero-order valence-corrected chi connectivity index (χ0v) is 18.0. The van der Waals surface area contributed by atoms with E-state index in [1.165, 1.54) is 17.3 Å². The molecule has 1 saturated heterocycles. The highest BCUT2D eigenvalue weighted by atomic mass is 32.2. The minimum absolute atomic E-state index is 0.00790. The molecule has 4 heteroatoms. The maximum atomic E-state index is 13.2. The summed E-state index contributed by atoms with van der Waals surface area (Å²) >= 11 is 1.43. The van der Waals surface area contributed by atoms with Crippen molar-refractivity contribution in [3.63, 3.8) is 0 Å². The number of amidine groups is 1. The molecule has 0 bridgehead atoms. The predicted molar refractivity (Wildman–Crippen MR) is 127 cm³/mol. The van der Waals surface area contributed by atoms with Crippen LogP contribution in [0.3, 0.4) is 0 Å². The number of thioether (sulfide) groups is 1. The van der Waals surface area contributed by atoms with Gasteiger partial charge in [0.05, 0.1) is 17.1 Å². The summed E-state index contributed by atoms with van der Waals surface area (Å²) in [5.41, 5.74) is 4.23. The van der Waals surface area contributed by atoms with E-state index in [0.717, 1.165) is 16.8 Å². The molecular weight excluding hydrogens is 388 g/mol. The summed E-state index contributed by atoms with van der Waals surface area (Å²) in [5.74, 6) is 0.478. The van der Waals surface area contributed by atoms with Gasteiger partial charge in [-0.2, -0.15) is 0 Å². The van der Waals surface area contributed by atoms with Gasteiger partial charge < -0.3 is 0 Å². The molecule has 1 fully saturated rings. The Labute approximate surface area is 182 Å². The van der Waals surface area contributed by atoms with E-state index in [1.54, 1.807) is 4.90 Å². The zero-order valence-electron chi connectivity index (χ0n) is 17.2. The van der Waals surface area contributed by atoms with Crippen LogP contribution in [0.2, 0.25) is 0 Å². The maximum Gasteiger partial charge on any atom is 0.267 e. The normalized spacial score (nSPS) is 16.8. The first-order valence-electron chi connectivity index (χ1n) is 10.1. The number of amides is 1. The molecule has 0 spiro atoms. The fourth-order valence-electron chi connectivity index (χ4n) is 3.24. The number of nitrogens with zero attached hydrogens (tertiary/aromatic N) is 2. The number of benzene rings is 3. The van der Waals surface area contributed by atoms with Crippen LogP contribution in [0, 0.1) is 0 Å². The molecule has 0 radical (unpaired) electrons. The highest BCUT2D eigenvalue weighted by molar-refractivity contribution is 8.18. The second-order valence-electron chi connectivity index (χ2n) is 7.54. The quantitative estimate of drug-likeness (QED) is 0.442. The molecule has 1 amide bonds. The predicted octanol–water partition coefficient (Wildman–Crippen LogP) is 6.61. The first kappa shape index (κ1) is 20.2. The molecule has 0 aliphatic carbocycles. The summed E-state index contributed by atoms with van der Waals surface area (Å²) < 4.78 is 0. The molecule has 3 nitrogen and oxygen atoms in total. The second-order valence-corrected chi connectivity index (χ2v) is 8.55. The minimum atomic E-state index is -0.00790. The minimum Gasteiger partial charge on any atom is -0.282 e. The van der Waals surface area contributed by atoms with Crippen molar-refractivity contribution in [3.05, 3.63) is 107 Å². The van der Waals surface area contributed by atoms with Gasteiger partial charge in [0, 0.05) is 0 Å². The molecule has 1 aliphatic rings. The largest absolute Gasteiger partial charge is 0.282 e. The number of para-hydroxylation sites is 1. The lowest BCUT2D eigenvalue weighted by Gasteiger charge is -2.15. The third kappa shape index (κ3) is 4.71. The van der Waals surface area contributed by atoms with E-state index in [0.29, 0.717) is 22.5 Å². The Morgan fingerprint density at radius 3 is 2.17 bits per heavy atom. The van der Waals surface area contributed by atoms with Crippen molar-refractivity contribution in [2.24, 2.45) is 4.99 Å². The lowest BCUT2D eigenvalue weighted by atomic mass is 10.0. The Balaban J connectivity index is 1.66. The van der Waals surface area contributed by atoms with Crippen LogP contribution in [0.4, 0.5) is 5.69 Å². The average Bonchev–Trinajstić information content (AvgIpc) is 3.04. The summed E-state index contributed by atoms with van der Waals surface area (Å²) in [6.07, 6.45) is 1.96. The van der Waals surface area contributed by atoms with Crippen LogP contribution in [0.5, 0.6) is 0 Å². The Hall–Kier alpha value is -3.11. The molecule has 1 aliphatic heterocycles. The molecule has 0 saturated carbocycles. The van der Waals surface area contributed by atoms with Gasteiger partial charge in [0.1, 0.15) is 0 Å². The van der Waals surface area contributed by atoms with Crippen LogP contribution >= 0.6 is 11.8 Å². The smallest absolute Gasteiger partial charge is 0.267 e. The van der Waals surface area contributed by atoms with E-state index < -0.39 is 0 Å². The Kier molecular flexibility index (Phi) is 6.15. The fraction of sp³-hybridized carbons (Fsp3) is 0.154. The number of carbonyl (C=O) groups excluding carboxylic acids is 1. The number of carbonyl (C=O) groups is 1. The third-order valence-electron chi connectivity index (χ3n) is 4.95. The van der Waals surface area contributed by atoms with Gasteiger partial charge in [0.15, 0.2) is 5.17 Å². The summed E-state index contributed by atoms with van der Waals surface area (Å²) in [6, 6.07) is 28.2. The fourth-order valence-corrected chi connectivity index (χ4v) is 4.24. The van der Waals surface area contributed by atoms with Gasteiger partial charge in [0.2, 0.25) is 0 Å². The molecule has 0 unspecified atom stereocenters. The van der Waals surface area contributed by atoms with E-state index in [4.69, 9.17) is 4.99 Å². The van der Waals surface area contributed by atoms with Gasteiger partial charge in [-0.3, -0.25) is 9.69 Å². The summed E-state index contributed by atoms with van der Waals surface area (Å²) in [6.45, 7) is 4.86. The SMILES string of the molecule is CC(C)c1ccc(/C=C2\SC(=Nc3ccccc3)N(Cc3ccccc3)C2=O)cc1. The molecule has 3 aromatic rings. The monoisotopic (exact) mass is 412 g/mol. The van der Waals surface area contributed by atoms with Gasteiger partial charge in [-0.1, -0.05) is 86.6 Å². The van der Waals surface area contributed by atoms with Crippen LogP contribution in [-0.4, -0.2) is 16.0 Å². The molecular formula is C26H24N2OS. The molecule has 1 heterocycles. The molecule has 30 heavy (non-hydrogen) atoms. The van der Waals surface area contributed by atoms with Crippen LogP contribution in [0.15, 0.2) is 94.8 Å². The highest BCUT2D eigenvalue weighted by Gasteiger charge is 2.33. The van der Waals surface area contributed by atoms with Crippen molar-refractivity contribution >= 4 is 34.6 Å². The topological polar surface area (TPSA) is 32.7 Å². The van der Waals surface area contributed by atoms with E-state index in [1.807, 2.05) is 66.7 Å². The van der Waals surface area contributed by atoms with Crippen molar-refractivity contribution in [2.45, 2.75) is 26.3 Å². The van der Waals surface area contributed by atoms with Crippen LogP contribution in [-0.2, 0) is 11.3 Å². The molecule has 0 aromatic heterocycles. The van der Waals surface area contributed by atoms with Crippen molar-refractivity contribution in [1.29, 1.82) is 0 Å². The molecule has 0 N–H and O–H groups in total. The Morgan fingerprint density at radius 2 is 1.53 bits per heavy atom. The highest BCUT2D eigenvalue weighted by Crippen LogP contribution is 2.35. The number of rotatable bonds is 5. The van der Waals surface area contributed by atoms with E-state index in [2.05, 4.69) is 38.1 Å². The van der Waals surface area contributed by atoms with Crippen LogP contribution < -0.4 is 0 Å². The van der Waals surface area contributed by atoms with E-state index in [-0.39, 0.29) is 5.91 Å². The summed E-state index contributed by atoms with van der Waals surface area (Å²) in [4.78, 5) is 20.5. The lowest BCUT2D eigenvalue weighted by molar-refractivity contribution is -0.122. The lowest BCUT2D eigenvalue weighted by Crippen LogP contribution is -2.28.